The molecule has 1 aromatic rings. The van der Waals surface area contributed by atoms with Crippen LogP contribution >= 0.6 is 0 Å². The summed E-state index contributed by atoms with van der Waals surface area (Å²) >= 11 is 0. The molecule has 3 nitrogen and oxygen atoms in total. The van der Waals surface area contributed by atoms with E-state index >= 15 is 0 Å². The average Bonchev–Trinajstić information content (AvgIpc) is 2.46. The summed E-state index contributed by atoms with van der Waals surface area (Å²) in [5, 5.41) is 12.1. The molecule has 0 aliphatic carbocycles. The highest BCUT2D eigenvalue weighted by molar-refractivity contribution is 5.53. The van der Waals surface area contributed by atoms with Gasteiger partial charge in [0.2, 0.25) is 0 Å². The zero-order valence-corrected chi connectivity index (χ0v) is 12.5. The summed E-state index contributed by atoms with van der Waals surface area (Å²) in [5.74, 6) is -0.883. The zero-order valence-electron chi connectivity index (χ0n) is 12.5. The minimum Gasteiger partial charge on any atom is -0.364 e. The van der Waals surface area contributed by atoms with Crippen molar-refractivity contribution in [2.75, 3.05) is 24.5 Å². The van der Waals surface area contributed by atoms with Crippen molar-refractivity contribution in [2.45, 2.75) is 32.7 Å². The summed E-state index contributed by atoms with van der Waals surface area (Å²) in [6.45, 7) is 6.40. The molecule has 1 aliphatic rings. The van der Waals surface area contributed by atoms with E-state index in [2.05, 4.69) is 5.32 Å². The summed E-state index contributed by atoms with van der Waals surface area (Å²) in [4.78, 5) is 1.78. The number of piperidine rings is 1. The van der Waals surface area contributed by atoms with Crippen LogP contribution in [0.5, 0.6) is 0 Å². The van der Waals surface area contributed by atoms with Gasteiger partial charge in [0.15, 0.2) is 11.6 Å². The Morgan fingerprint density at radius 2 is 1.86 bits per heavy atom. The summed E-state index contributed by atoms with van der Waals surface area (Å²) in [5.41, 5.74) is 0.00172. The molecule has 1 N–H and O–H groups in total. The average molecular weight is 293 g/mol. The molecule has 0 atom stereocenters. The van der Waals surface area contributed by atoms with Crippen LogP contribution in [0.15, 0.2) is 12.1 Å². The minimum absolute atomic E-state index is 0.00294. The first-order valence-corrected chi connectivity index (χ1v) is 7.39. The summed E-state index contributed by atoms with van der Waals surface area (Å²) in [6.07, 6.45) is 2.03. The van der Waals surface area contributed by atoms with Gasteiger partial charge in [0, 0.05) is 12.6 Å². The van der Waals surface area contributed by atoms with E-state index in [0.717, 1.165) is 38.1 Å². The Labute approximate surface area is 124 Å². The molecule has 1 fully saturated rings. The summed E-state index contributed by atoms with van der Waals surface area (Å²) in [7, 11) is 0. The van der Waals surface area contributed by atoms with Crippen LogP contribution in [-0.4, -0.2) is 25.7 Å². The van der Waals surface area contributed by atoms with E-state index < -0.39 is 11.6 Å². The largest absolute Gasteiger partial charge is 0.364 e. The third-order valence-electron chi connectivity index (χ3n) is 3.97. The van der Waals surface area contributed by atoms with Crippen LogP contribution < -0.4 is 10.2 Å². The van der Waals surface area contributed by atoms with Crippen LogP contribution in [0.1, 0.15) is 32.3 Å². The molecule has 0 amide bonds. The first-order valence-electron chi connectivity index (χ1n) is 7.39. The number of nitriles is 1. The number of nitrogens with zero attached hydrogens (tertiary/aromatic N) is 2. The predicted octanol–water partition coefficient (Wildman–Crippen LogP) is 3.05. The highest BCUT2D eigenvalue weighted by atomic mass is 19.1. The van der Waals surface area contributed by atoms with Gasteiger partial charge in [-0.25, -0.2) is 8.78 Å². The lowest BCUT2D eigenvalue weighted by Gasteiger charge is -2.34. The molecule has 1 saturated heterocycles. The van der Waals surface area contributed by atoms with Crippen molar-refractivity contribution in [3.63, 3.8) is 0 Å². The second kappa shape index (κ2) is 6.86. The molecular weight excluding hydrogens is 272 g/mol. The molecular formula is C16H21F2N3. The second-order valence-corrected chi connectivity index (χ2v) is 5.84. The molecule has 0 saturated carbocycles. The predicted molar refractivity (Wildman–Crippen MR) is 79.1 cm³/mol. The van der Waals surface area contributed by atoms with Crippen LogP contribution in [0.3, 0.4) is 0 Å². The lowest BCUT2D eigenvalue weighted by molar-refractivity contribution is 0.365. The smallest absolute Gasteiger partial charge is 0.150 e. The van der Waals surface area contributed by atoms with Gasteiger partial charge in [0.25, 0.3) is 0 Å². The molecule has 0 aromatic heterocycles. The van der Waals surface area contributed by atoms with E-state index in [-0.39, 0.29) is 17.3 Å². The number of hydrogen-bond acceptors (Lipinski definition) is 3. The maximum atomic E-state index is 14.2. The van der Waals surface area contributed by atoms with E-state index in [9.17, 15) is 8.78 Å². The minimum atomic E-state index is -0.658. The zero-order chi connectivity index (χ0) is 15.4. The Morgan fingerprint density at radius 3 is 2.33 bits per heavy atom. The van der Waals surface area contributed by atoms with Gasteiger partial charge in [-0.15, -0.1) is 0 Å². The van der Waals surface area contributed by atoms with Gasteiger partial charge in [-0.3, -0.25) is 0 Å². The lowest BCUT2D eigenvalue weighted by atomic mass is 9.96. The first-order chi connectivity index (χ1) is 10.0. The van der Waals surface area contributed by atoms with E-state index in [0.29, 0.717) is 12.5 Å². The van der Waals surface area contributed by atoms with Gasteiger partial charge in [0.1, 0.15) is 5.69 Å². The van der Waals surface area contributed by atoms with Crippen molar-refractivity contribution in [1.82, 2.24) is 5.32 Å². The lowest BCUT2D eigenvalue weighted by Crippen LogP contribution is -2.40. The quantitative estimate of drug-likeness (QED) is 0.927. The van der Waals surface area contributed by atoms with Crippen molar-refractivity contribution >= 4 is 5.69 Å². The van der Waals surface area contributed by atoms with E-state index in [1.807, 2.05) is 13.8 Å². The monoisotopic (exact) mass is 293 g/mol. The molecule has 0 radical (unpaired) electrons. The molecule has 1 aromatic carbocycles. The molecule has 1 aliphatic heterocycles. The van der Waals surface area contributed by atoms with Crippen molar-refractivity contribution < 1.29 is 8.78 Å². The Bertz CT molecular complexity index is 508. The summed E-state index contributed by atoms with van der Waals surface area (Å²) in [6, 6.07) is 3.99. The molecule has 5 heteroatoms. The number of nitrogens with one attached hydrogen (secondary N) is 1. The molecule has 0 unspecified atom stereocenters. The number of benzene rings is 1. The van der Waals surface area contributed by atoms with Crippen LogP contribution in [0.2, 0.25) is 0 Å². The van der Waals surface area contributed by atoms with Crippen molar-refractivity contribution in [1.29, 1.82) is 5.26 Å². The van der Waals surface area contributed by atoms with Gasteiger partial charge >= 0.3 is 0 Å². The first kappa shape index (κ1) is 15.7. The Morgan fingerprint density at radius 1 is 1.29 bits per heavy atom. The molecule has 21 heavy (non-hydrogen) atoms. The number of rotatable bonds is 4. The van der Waals surface area contributed by atoms with Gasteiger partial charge in [-0.1, -0.05) is 0 Å². The third-order valence-corrected chi connectivity index (χ3v) is 3.97. The second-order valence-electron chi connectivity index (χ2n) is 5.84. The van der Waals surface area contributed by atoms with Crippen LogP contribution in [0, 0.1) is 28.9 Å². The van der Waals surface area contributed by atoms with Crippen molar-refractivity contribution in [2.24, 2.45) is 5.92 Å². The fourth-order valence-electron chi connectivity index (χ4n) is 2.81. The van der Waals surface area contributed by atoms with E-state index in [1.165, 1.54) is 0 Å². The Hall–Kier alpha value is -1.67. The third kappa shape index (κ3) is 3.70. The molecule has 2 rings (SSSR count). The highest BCUT2D eigenvalue weighted by Crippen LogP contribution is 2.28. The van der Waals surface area contributed by atoms with Gasteiger partial charge in [-0.05, 0) is 57.8 Å². The van der Waals surface area contributed by atoms with Gasteiger partial charge < -0.3 is 10.2 Å². The van der Waals surface area contributed by atoms with Crippen molar-refractivity contribution in [3.8, 4) is 6.07 Å². The maximum absolute atomic E-state index is 14.2. The van der Waals surface area contributed by atoms with E-state index in [1.54, 1.807) is 11.0 Å². The number of anilines is 1. The van der Waals surface area contributed by atoms with Gasteiger partial charge in [0.05, 0.1) is 11.6 Å². The van der Waals surface area contributed by atoms with Gasteiger partial charge in [-0.2, -0.15) is 5.26 Å². The van der Waals surface area contributed by atoms with Crippen LogP contribution in [-0.2, 0) is 0 Å². The summed E-state index contributed by atoms with van der Waals surface area (Å²) < 4.78 is 28.4. The molecule has 1 heterocycles. The van der Waals surface area contributed by atoms with E-state index in [4.69, 9.17) is 5.26 Å². The standard InChI is InChI=1S/C16H21F2N3/c1-11(2)21(10-12-3-5-20-6-4-12)16-14(17)7-13(9-19)8-15(16)18/h7-8,11-12,20H,3-6,10H2,1-2H3. The maximum Gasteiger partial charge on any atom is 0.150 e. The fourth-order valence-corrected chi connectivity index (χ4v) is 2.81. The Balaban J connectivity index is 2.28. The number of hydrogen-bond donors (Lipinski definition) is 1. The normalized spacial score (nSPS) is 16.0. The molecule has 0 bridgehead atoms. The fraction of sp³-hybridized carbons (Fsp3) is 0.562. The highest BCUT2D eigenvalue weighted by Gasteiger charge is 2.24. The molecule has 0 spiro atoms. The van der Waals surface area contributed by atoms with Crippen LogP contribution in [0.25, 0.3) is 0 Å². The number of halogens is 2. The van der Waals surface area contributed by atoms with Crippen LogP contribution in [0.4, 0.5) is 14.5 Å². The topological polar surface area (TPSA) is 39.1 Å². The SMILES string of the molecule is CC(C)N(CC1CCNCC1)c1c(F)cc(C#N)cc1F. The Kier molecular flexibility index (Phi) is 5.13. The van der Waals surface area contributed by atoms with Crippen molar-refractivity contribution in [3.05, 3.63) is 29.3 Å². The molecule has 114 valence electrons.